The Morgan fingerprint density at radius 1 is 1.00 bits per heavy atom. The second kappa shape index (κ2) is 4.73. The van der Waals surface area contributed by atoms with Crippen LogP contribution >= 0.6 is 0 Å². The number of fused-ring (bicyclic) bond motifs is 1. The van der Waals surface area contributed by atoms with E-state index >= 15 is 0 Å². The third-order valence-corrected chi connectivity index (χ3v) is 4.09. The molecular formula is C18H21N. The lowest BCUT2D eigenvalue weighted by molar-refractivity contribution is 0.502. The second-order valence-corrected chi connectivity index (χ2v) is 5.85. The Labute approximate surface area is 115 Å². The van der Waals surface area contributed by atoms with Crippen LogP contribution in [-0.4, -0.2) is 6.04 Å². The van der Waals surface area contributed by atoms with E-state index in [0.717, 1.165) is 6.42 Å². The zero-order chi connectivity index (χ0) is 13.4. The van der Waals surface area contributed by atoms with Crippen molar-refractivity contribution in [3.8, 4) is 0 Å². The van der Waals surface area contributed by atoms with Crippen LogP contribution in [0.1, 0.15) is 25.0 Å². The Balaban J connectivity index is 2.07. The highest BCUT2D eigenvalue weighted by Crippen LogP contribution is 2.40. The van der Waals surface area contributed by atoms with E-state index in [-0.39, 0.29) is 0 Å². The zero-order valence-electron chi connectivity index (χ0n) is 11.9. The van der Waals surface area contributed by atoms with E-state index in [1.807, 2.05) is 0 Å². The SMILES string of the molecule is Cc1ccc(N2c3ccccc3C[C@H]2C(C)C)cc1. The maximum atomic E-state index is 2.51. The van der Waals surface area contributed by atoms with Gasteiger partial charge >= 0.3 is 0 Å². The lowest BCUT2D eigenvalue weighted by atomic mass is 9.99. The van der Waals surface area contributed by atoms with Crippen LogP contribution < -0.4 is 4.90 Å². The standard InChI is InChI=1S/C18H21N/c1-13(2)18-12-15-6-4-5-7-17(15)19(18)16-10-8-14(3)9-11-16/h4-11,13,18H,12H2,1-3H3/t18-/m0/s1. The van der Waals surface area contributed by atoms with Gasteiger partial charge in [0.15, 0.2) is 0 Å². The third-order valence-electron chi connectivity index (χ3n) is 4.09. The van der Waals surface area contributed by atoms with Gasteiger partial charge in [0.1, 0.15) is 0 Å². The zero-order valence-corrected chi connectivity index (χ0v) is 11.9. The van der Waals surface area contributed by atoms with Gasteiger partial charge < -0.3 is 4.90 Å². The van der Waals surface area contributed by atoms with Crippen molar-refractivity contribution in [1.82, 2.24) is 0 Å². The molecule has 0 saturated heterocycles. The molecule has 2 aromatic carbocycles. The highest BCUT2D eigenvalue weighted by atomic mass is 15.2. The smallest absolute Gasteiger partial charge is 0.0446 e. The molecule has 0 amide bonds. The quantitative estimate of drug-likeness (QED) is 0.747. The fraction of sp³-hybridized carbons (Fsp3) is 0.333. The fourth-order valence-corrected chi connectivity index (χ4v) is 2.98. The fourth-order valence-electron chi connectivity index (χ4n) is 2.98. The van der Waals surface area contributed by atoms with Crippen molar-refractivity contribution in [1.29, 1.82) is 0 Å². The predicted octanol–water partition coefficient (Wildman–Crippen LogP) is 4.71. The molecule has 1 nitrogen and oxygen atoms in total. The van der Waals surface area contributed by atoms with E-state index in [9.17, 15) is 0 Å². The van der Waals surface area contributed by atoms with Gasteiger partial charge in [-0.25, -0.2) is 0 Å². The molecule has 2 aromatic rings. The second-order valence-electron chi connectivity index (χ2n) is 5.85. The highest BCUT2D eigenvalue weighted by Gasteiger charge is 2.31. The van der Waals surface area contributed by atoms with Crippen molar-refractivity contribution in [2.24, 2.45) is 5.92 Å². The van der Waals surface area contributed by atoms with E-state index in [1.54, 1.807) is 0 Å². The Bertz CT molecular complexity index is 568. The molecule has 1 aliphatic heterocycles. The summed E-state index contributed by atoms with van der Waals surface area (Å²) in [5.41, 5.74) is 5.48. The molecule has 0 aliphatic carbocycles. The van der Waals surface area contributed by atoms with Crippen molar-refractivity contribution in [2.75, 3.05) is 4.90 Å². The summed E-state index contributed by atoms with van der Waals surface area (Å²) in [6.45, 7) is 6.77. The minimum atomic E-state index is 0.570. The summed E-state index contributed by atoms with van der Waals surface area (Å²) >= 11 is 0. The Morgan fingerprint density at radius 2 is 1.68 bits per heavy atom. The lowest BCUT2D eigenvalue weighted by Crippen LogP contribution is -2.32. The van der Waals surface area contributed by atoms with Crippen molar-refractivity contribution in [3.63, 3.8) is 0 Å². The average Bonchev–Trinajstić information content (AvgIpc) is 2.79. The van der Waals surface area contributed by atoms with Crippen LogP contribution in [0.4, 0.5) is 11.4 Å². The van der Waals surface area contributed by atoms with Gasteiger partial charge in [0, 0.05) is 17.4 Å². The van der Waals surface area contributed by atoms with Gasteiger partial charge in [-0.3, -0.25) is 0 Å². The molecule has 1 heteroatoms. The van der Waals surface area contributed by atoms with Gasteiger partial charge in [0.05, 0.1) is 0 Å². The number of hydrogen-bond acceptors (Lipinski definition) is 1. The summed E-state index contributed by atoms with van der Waals surface area (Å²) in [5.74, 6) is 0.647. The van der Waals surface area contributed by atoms with Gasteiger partial charge in [-0.2, -0.15) is 0 Å². The molecule has 0 N–H and O–H groups in total. The molecule has 1 aliphatic rings. The number of para-hydroxylation sites is 1. The molecule has 98 valence electrons. The summed E-state index contributed by atoms with van der Waals surface area (Å²) < 4.78 is 0. The topological polar surface area (TPSA) is 3.24 Å². The molecular weight excluding hydrogens is 230 g/mol. The first-order chi connectivity index (χ1) is 9.16. The van der Waals surface area contributed by atoms with Crippen LogP contribution in [0.3, 0.4) is 0 Å². The van der Waals surface area contributed by atoms with Gasteiger partial charge in [-0.15, -0.1) is 0 Å². The van der Waals surface area contributed by atoms with E-state index < -0.39 is 0 Å². The van der Waals surface area contributed by atoms with Crippen LogP contribution in [-0.2, 0) is 6.42 Å². The molecule has 0 saturated carbocycles. The molecule has 0 aromatic heterocycles. The summed E-state index contributed by atoms with van der Waals surface area (Å²) in [5, 5.41) is 0. The normalized spacial score (nSPS) is 17.9. The van der Waals surface area contributed by atoms with Crippen molar-refractivity contribution >= 4 is 11.4 Å². The van der Waals surface area contributed by atoms with E-state index in [2.05, 4.69) is 74.2 Å². The molecule has 0 fully saturated rings. The molecule has 1 heterocycles. The monoisotopic (exact) mass is 251 g/mol. The number of benzene rings is 2. The van der Waals surface area contributed by atoms with Crippen LogP contribution in [0.2, 0.25) is 0 Å². The summed E-state index contributed by atoms with van der Waals surface area (Å²) in [7, 11) is 0. The van der Waals surface area contributed by atoms with Gasteiger partial charge in [0.25, 0.3) is 0 Å². The van der Waals surface area contributed by atoms with Gasteiger partial charge in [0.2, 0.25) is 0 Å². The largest absolute Gasteiger partial charge is 0.338 e. The first kappa shape index (κ1) is 12.3. The van der Waals surface area contributed by atoms with Crippen LogP contribution in [0.15, 0.2) is 48.5 Å². The van der Waals surface area contributed by atoms with Gasteiger partial charge in [-0.05, 0) is 43.0 Å². The van der Waals surface area contributed by atoms with Crippen LogP contribution in [0, 0.1) is 12.8 Å². The molecule has 0 radical (unpaired) electrons. The lowest BCUT2D eigenvalue weighted by Gasteiger charge is -2.30. The molecule has 1 atom stereocenters. The predicted molar refractivity (Wildman–Crippen MR) is 82.1 cm³/mol. The summed E-state index contributed by atoms with van der Waals surface area (Å²) in [6.07, 6.45) is 1.15. The molecule has 19 heavy (non-hydrogen) atoms. The highest BCUT2D eigenvalue weighted by molar-refractivity contribution is 5.71. The number of aryl methyl sites for hydroxylation is 1. The minimum Gasteiger partial charge on any atom is -0.338 e. The number of hydrogen-bond donors (Lipinski definition) is 0. The number of nitrogens with zero attached hydrogens (tertiary/aromatic N) is 1. The van der Waals surface area contributed by atoms with Crippen LogP contribution in [0.25, 0.3) is 0 Å². The molecule has 0 bridgehead atoms. The van der Waals surface area contributed by atoms with Crippen molar-refractivity contribution < 1.29 is 0 Å². The molecule has 3 rings (SSSR count). The maximum Gasteiger partial charge on any atom is 0.0446 e. The summed E-state index contributed by atoms with van der Waals surface area (Å²) in [6, 6.07) is 18.3. The van der Waals surface area contributed by atoms with Crippen LogP contribution in [0.5, 0.6) is 0 Å². The number of rotatable bonds is 2. The van der Waals surface area contributed by atoms with Crippen molar-refractivity contribution in [3.05, 3.63) is 59.7 Å². The maximum absolute atomic E-state index is 2.51. The minimum absolute atomic E-state index is 0.570. The first-order valence-corrected chi connectivity index (χ1v) is 7.10. The average molecular weight is 251 g/mol. The Hall–Kier alpha value is -1.76. The van der Waals surface area contributed by atoms with E-state index in [0.29, 0.717) is 12.0 Å². The van der Waals surface area contributed by atoms with E-state index in [4.69, 9.17) is 0 Å². The van der Waals surface area contributed by atoms with E-state index in [1.165, 1.54) is 22.5 Å². The van der Waals surface area contributed by atoms with Crippen molar-refractivity contribution in [2.45, 2.75) is 33.2 Å². The third kappa shape index (κ3) is 2.14. The number of anilines is 2. The Kier molecular flexibility index (Phi) is 3.06. The Morgan fingerprint density at radius 3 is 2.37 bits per heavy atom. The summed E-state index contributed by atoms with van der Waals surface area (Å²) in [4.78, 5) is 2.51. The first-order valence-electron chi connectivity index (χ1n) is 7.10. The molecule has 0 spiro atoms. The van der Waals surface area contributed by atoms with Gasteiger partial charge in [-0.1, -0.05) is 49.7 Å². The molecule has 0 unspecified atom stereocenters.